The van der Waals surface area contributed by atoms with Crippen LogP contribution in [0.3, 0.4) is 0 Å². The number of likely N-dealkylation sites (N-methyl/N-ethyl adjacent to an activating group) is 1. The van der Waals surface area contributed by atoms with Gasteiger partial charge in [0.25, 0.3) is 0 Å². The summed E-state index contributed by atoms with van der Waals surface area (Å²) in [5.41, 5.74) is 1.13. The Morgan fingerprint density at radius 2 is 1.96 bits per heavy atom. The molecule has 0 aromatic heterocycles. The van der Waals surface area contributed by atoms with E-state index in [2.05, 4.69) is 64.4 Å². The molecule has 0 aliphatic carbocycles. The second-order valence-electron chi connectivity index (χ2n) is 7.71. The van der Waals surface area contributed by atoms with Gasteiger partial charge in [-0.1, -0.05) is 35.0 Å². The summed E-state index contributed by atoms with van der Waals surface area (Å²) >= 11 is 3.45. The molecule has 7 heteroatoms. The lowest BCUT2D eigenvalue weighted by Gasteiger charge is -2.22. The molecule has 2 atom stereocenters. The first-order valence-electron chi connectivity index (χ1n) is 9.49. The molecule has 1 aliphatic heterocycles. The Morgan fingerprint density at radius 3 is 2.52 bits per heavy atom. The van der Waals surface area contributed by atoms with E-state index in [1.807, 2.05) is 12.1 Å². The number of rotatable bonds is 6. The van der Waals surface area contributed by atoms with Crippen LogP contribution in [0.4, 0.5) is 0 Å². The van der Waals surface area contributed by atoms with Gasteiger partial charge in [-0.2, -0.15) is 0 Å². The molecule has 1 heterocycles. The van der Waals surface area contributed by atoms with Gasteiger partial charge in [-0.25, -0.2) is 4.99 Å². The Kier molecular flexibility index (Phi) is 8.10. The molecule has 0 spiro atoms. The highest BCUT2D eigenvalue weighted by Gasteiger charge is 2.31. The van der Waals surface area contributed by atoms with Crippen molar-refractivity contribution in [2.75, 3.05) is 33.7 Å². The SMILES string of the molecule is CC1CN(C(C)C)CC1NC(=NCc1ccc(Br)cc1)NCC(=O)N(C)C. The highest BCUT2D eigenvalue weighted by molar-refractivity contribution is 9.10. The van der Waals surface area contributed by atoms with Crippen molar-refractivity contribution < 1.29 is 4.79 Å². The molecule has 1 amide bonds. The minimum Gasteiger partial charge on any atom is -0.352 e. The highest BCUT2D eigenvalue weighted by atomic mass is 79.9. The fourth-order valence-electron chi connectivity index (χ4n) is 3.02. The van der Waals surface area contributed by atoms with Crippen LogP contribution in [0.15, 0.2) is 33.7 Å². The number of carbonyl (C=O) groups is 1. The van der Waals surface area contributed by atoms with Crippen LogP contribution in [-0.4, -0.2) is 67.5 Å². The summed E-state index contributed by atoms with van der Waals surface area (Å²) in [6.07, 6.45) is 0. The molecule has 27 heavy (non-hydrogen) atoms. The largest absolute Gasteiger partial charge is 0.352 e. The van der Waals surface area contributed by atoms with E-state index in [1.165, 1.54) is 0 Å². The topological polar surface area (TPSA) is 60.0 Å². The highest BCUT2D eigenvalue weighted by Crippen LogP contribution is 2.18. The van der Waals surface area contributed by atoms with E-state index < -0.39 is 0 Å². The van der Waals surface area contributed by atoms with Gasteiger partial charge < -0.3 is 15.5 Å². The summed E-state index contributed by atoms with van der Waals surface area (Å²) in [6.45, 7) is 9.57. The third kappa shape index (κ3) is 6.81. The summed E-state index contributed by atoms with van der Waals surface area (Å²) in [5.74, 6) is 1.24. The Bertz CT molecular complexity index is 644. The van der Waals surface area contributed by atoms with Crippen LogP contribution in [-0.2, 0) is 11.3 Å². The molecule has 0 radical (unpaired) electrons. The predicted molar refractivity (Wildman–Crippen MR) is 115 cm³/mol. The molecule has 0 bridgehead atoms. The zero-order chi connectivity index (χ0) is 20.0. The molecule has 2 rings (SSSR count). The zero-order valence-electron chi connectivity index (χ0n) is 17.0. The fourth-order valence-corrected chi connectivity index (χ4v) is 3.28. The summed E-state index contributed by atoms with van der Waals surface area (Å²) < 4.78 is 1.05. The van der Waals surface area contributed by atoms with E-state index in [9.17, 15) is 4.79 Å². The molecular formula is C20H32BrN5O. The second kappa shape index (κ2) is 10.1. The maximum atomic E-state index is 12.0. The molecular weight excluding hydrogens is 406 g/mol. The zero-order valence-corrected chi connectivity index (χ0v) is 18.6. The van der Waals surface area contributed by atoms with Crippen molar-refractivity contribution in [3.8, 4) is 0 Å². The van der Waals surface area contributed by atoms with Crippen LogP contribution in [0.2, 0.25) is 0 Å². The molecule has 6 nitrogen and oxygen atoms in total. The van der Waals surface area contributed by atoms with Crippen molar-refractivity contribution in [1.82, 2.24) is 20.4 Å². The molecule has 2 N–H and O–H groups in total. The average Bonchev–Trinajstić information content (AvgIpc) is 2.99. The summed E-state index contributed by atoms with van der Waals surface area (Å²) in [4.78, 5) is 20.7. The number of hydrogen-bond acceptors (Lipinski definition) is 3. The maximum Gasteiger partial charge on any atom is 0.241 e. The summed E-state index contributed by atoms with van der Waals surface area (Å²) in [5, 5.41) is 6.74. The van der Waals surface area contributed by atoms with Gasteiger partial charge in [0.1, 0.15) is 0 Å². The van der Waals surface area contributed by atoms with E-state index in [0.29, 0.717) is 30.5 Å². The number of guanidine groups is 1. The van der Waals surface area contributed by atoms with E-state index in [1.54, 1.807) is 19.0 Å². The molecule has 1 aromatic rings. The van der Waals surface area contributed by atoms with Crippen molar-refractivity contribution in [3.63, 3.8) is 0 Å². The van der Waals surface area contributed by atoms with Gasteiger partial charge in [0.15, 0.2) is 5.96 Å². The molecule has 150 valence electrons. The van der Waals surface area contributed by atoms with Gasteiger partial charge in [0, 0.05) is 43.7 Å². The quantitative estimate of drug-likeness (QED) is 0.529. The van der Waals surface area contributed by atoms with Gasteiger partial charge in [-0.05, 0) is 37.5 Å². The van der Waals surface area contributed by atoms with Crippen molar-refractivity contribution in [2.45, 2.75) is 39.4 Å². The lowest BCUT2D eigenvalue weighted by atomic mass is 10.1. The first-order chi connectivity index (χ1) is 12.8. The number of benzene rings is 1. The normalized spacial score (nSPS) is 20.8. The number of nitrogens with zero attached hydrogens (tertiary/aromatic N) is 3. The number of likely N-dealkylation sites (tertiary alicyclic amines) is 1. The molecule has 1 saturated heterocycles. The third-order valence-corrected chi connectivity index (χ3v) is 5.46. The number of hydrogen-bond donors (Lipinski definition) is 2. The lowest BCUT2D eigenvalue weighted by molar-refractivity contribution is -0.127. The Hall–Kier alpha value is -1.60. The van der Waals surface area contributed by atoms with E-state index >= 15 is 0 Å². The molecule has 1 aliphatic rings. The van der Waals surface area contributed by atoms with Gasteiger partial charge in [-0.15, -0.1) is 0 Å². The monoisotopic (exact) mass is 437 g/mol. The van der Waals surface area contributed by atoms with E-state index in [0.717, 1.165) is 23.1 Å². The van der Waals surface area contributed by atoms with Gasteiger partial charge in [0.05, 0.1) is 13.1 Å². The average molecular weight is 438 g/mol. The van der Waals surface area contributed by atoms with Crippen LogP contribution in [0.1, 0.15) is 26.3 Å². The molecule has 2 unspecified atom stereocenters. The molecule has 1 aromatic carbocycles. The maximum absolute atomic E-state index is 12.0. The van der Waals surface area contributed by atoms with Crippen LogP contribution in [0, 0.1) is 5.92 Å². The number of carbonyl (C=O) groups excluding carboxylic acids is 1. The van der Waals surface area contributed by atoms with Crippen molar-refractivity contribution in [2.24, 2.45) is 10.9 Å². The van der Waals surface area contributed by atoms with E-state index in [4.69, 9.17) is 4.99 Å². The Balaban J connectivity index is 2.05. The number of nitrogens with one attached hydrogen (secondary N) is 2. The lowest BCUT2D eigenvalue weighted by Crippen LogP contribution is -2.49. The van der Waals surface area contributed by atoms with E-state index in [-0.39, 0.29) is 12.5 Å². The number of aliphatic imine (C=N–C) groups is 1. The Morgan fingerprint density at radius 1 is 1.30 bits per heavy atom. The minimum atomic E-state index is 0.0245. The first-order valence-corrected chi connectivity index (χ1v) is 10.3. The molecule has 1 fully saturated rings. The Labute approximate surface area is 171 Å². The number of amides is 1. The second-order valence-corrected chi connectivity index (χ2v) is 8.62. The first kappa shape index (κ1) is 21.7. The van der Waals surface area contributed by atoms with Gasteiger partial charge >= 0.3 is 0 Å². The standard InChI is InChI=1S/C20H32BrN5O/c1-14(2)26-12-15(3)18(13-26)24-20(23-11-19(27)25(4)5)22-10-16-6-8-17(21)9-7-16/h6-9,14-15,18H,10-13H2,1-5H3,(H2,22,23,24). The molecule has 0 saturated carbocycles. The van der Waals surface area contributed by atoms with Gasteiger partial charge in [-0.3, -0.25) is 9.69 Å². The predicted octanol–water partition coefficient (Wildman–Crippen LogP) is 2.30. The van der Waals surface area contributed by atoms with Crippen LogP contribution >= 0.6 is 15.9 Å². The number of halogens is 1. The fraction of sp³-hybridized carbons (Fsp3) is 0.600. The minimum absolute atomic E-state index is 0.0245. The van der Waals surface area contributed by atoms with Gasteiger partial charge in [0.2, 0.25) is 5.91 Å². The summed E-state index contributed by atoms with van der Waals surface area (Å²) in [6, 6.07) is 8.98. The third-order valence-electron chi connectivity index (χ3n) is 4.93. The smallest absolute Gasteiger partial charge is 0.241 e. The van der Waals surface area contributed by atoms with Crippen LogP contribution < -0.4 is 10.6 Å². The van der Waals surface area contributed by atoms with Crippen molar-refractivity contribution in [1.29, 1.82) is 0 Å². The van der Waals surface area contributed by atoms with Crippen molar-refractivity contribution >= 4 is 27.8 Å². The van der Waals surface area contributed by atoms with Crippen LogP contribution in [0.25, 0.3) is 0 Å². The van der Waals surface area contributed by atoms with Crippen molar-refractivity contribution in [3.05, 3.63) is 34.3 Å². The summed E-state index contributed by atoms with van der Waals surface area (Å²) in [7, 11) is 3.52. The van der Waals surface area contributed by atoms with Crippen LogP contribution in [0.5, 0.6) is 0 Å².